The Hall–Kier alpha value is -0.990. The zero-order chi connectivity index (χ0) is 8.81. The van der Waals surface area contributed by atoms with Gasteiger partial charge in [-0.2, -0.15) is 0 Å². The largest absolute Gasteiger partial charge is 0.478 e. The Morgan fingerprint density at radius 1 is 1.33 bits per heavy atom. The molecule has 2 N–H and O–H groups in total. The first-order valence-corrected chi connectivity index (χ1v) is 4.44. The molecule has 1 rings (SSSR count). The Labute approximate surface area is 72.5 Å². The number of nitrogens with one attached hydrogen (secondary N) is 1. The van der Waals surface area contributed by atoms with Gasteiger partial charge in [0, 0.05) is 18.3 Å². The monoisotopic (exact) mass is 169 g/mol. The van der Waals surface area contributed by atoms with Gasteiger partial charge in [0.15, 0.2) is 0 Å². The Morgan fingerprint density at radius 2 is 2.00 bits per heavy atom. The summed E-state index contributed by atoms with van der Waals surface area (Å²) in [6.45, 7) is 0. The lowest BCUT2D eigenvalue weighted by atomic mass is 9.96. The molecule has 0 aromatic carbocycles. The van der Waals surface area contributed by atoms with Crippen molar-refractivity contribution in [3.8, 4) is 0 Å². The maximum atomic E-state index is 10.1. The molecule has 0 aromatic heterocycles. The second-order valence-electron chi connectivity index (χ2n) is 3.17. The van der Waals surface area contributed by atoms with Gasteiger partial charge < -0.3 is 10.4 Å². The summed E-state index contributed by atoms with van der Waals surface area (Å²) >= 11 is 0. The van der Waals surface area contributed by atoms with Gasteiger partial charge in [0.1, 0.15) is 0 Å². The summed E-state index contributed by atoms with van der Waals surface area (Å²) in [5.41, 5.74) is 0. The van der Waals surface area contributed by atoms with Crippen LogP contribution in [0.2, 0.25) is 0 Å². The first kappa shape index (κ1) is 9.10. The first-order valence-electron chi connectivity index (χ1n) is 4.44. The van der Waals surface area contributed by atoms with E-state index in [1.807, 2.05) is 0 Å². The molecule has 1 saturated carbocycles. The Balaban J connectivity index is 2.17. The van der Waals surface area contributed by atoms with Crippen molar-refractivity contribution >= 4 is 5.97 Å². The normalized spacial score (nSPS) is 19.7. The third-order valence-corrected chi connectivity index (χ3v) is 2.16. The molecule has 1 fully saturated rings. The van der Waals surface area contributed by atoms with E-state index in [-0.39, 0.29) is 0 Å². The topological polar surface area (TPSA) is 49.3 Å². The van der Waals surface area contributed by atoms with Crippen LogP contribution in [0, 0.1) is 0 Å². The fraction of sp³-hybridized carbons (Fsp3) is 0.667. The van der Waals surface area contributed by atoms with E-state index in [9.17, 15) is 4.79 Å². The molecule has 0 bridgehead atoms. The molecule has 0 heterocycles. The van der Waals surface area contributed by atoms with E-state index in [1.54, 1.807) is 6.20 Å². The highest BCUT2D eigenvalue weighted by molar-refractivity contribution is 5.79. The average molecular weight is 169 g/mol. The van der Waals surface area contributed by atoms with Crippen LogP contribution in [0.5, 0.6) is 0 Å². The van der Waals surface area contributed by atoms with Crippen molar-refractivity contribution < 1.29 is 9.90 Å². The number of hydrogen-bond donors (Lipinski definition) is 2. The number of carbonyl (C=O) groups is 1. The number of carboxylic acids is 1. The molecule has 0 spiro atoms. The van der Waals surface area contributed by atoms with Crippen LogP contribution in [0.25, 0.3) is 0 Å². The summed E-state index contributed by atoms with van der Waals surface area (Å²) in [6.07, 6.45) is 8.87. The van der Waals surface area contributed by atoms with Crippen LogP contribution in [0.3, 0.4) is 0 Å². The van der Waals surface area contributed by atoms with Crippen molar-refractivity contribution in [2.75, 3.05) is 0 Å². The third-order valence-electron chi connectivity index (χ3n) is 2.16. The highest BCUT2D eigenvalue weighted by atomic mass is 16.4. The van der Waals surface area contributed by atoms with Crippen molar-refractivity contribution in [1.29, 1.82) is 0 Å². The van der Waals surface area contributed by atoms with Gasteiger partial charge in [-0.1, -0.05) is 19.3 Å². The highest BCUT2D eigenvalue weighted by Crippen LogP contribution is 2.16. The lowest BCUT2D eigenvalue weighted by Crippen LogP contribution is -2.26. The summed E-state index contributed by atoms with van der Waals surface area (Å²) in [6, 6.07) is 0.495. The van der Waals surface area contributed by atoms with Crippen molar-refractivity contribution in [3.05, 3.63) is 12.3 Å². The molecular formula is C9H15NO2. The van der Waals surface area contributed by atoms with E-state index in [0.717, 1.165) is 6.08 Å². The smallest absolute Gasteiger partial charge is 0.329 e. The summed E-state index contributed by atoms with van der Waals surface area (Å²) in [5, 5.41) is 11.4. The van der Waals surface area contributed by atoms with Crippen molar-refractivity contribution in [2.24, 2.45) is 0 Å². The van der Waals surface area contributed by atoms with Crippen molar-refractivity contribution in [1.82, 2.24) is 5.32 Å². The third kappa shape index (κ3) is 3.42. The second kappa shape index (κ2) is 4.80. The zero-order valence-electron chi connectivity index (χ0n) is 7.12. The quantitative estimate of drug-likeness (QED) is 0.629. The van der Waals surface area contributed by atoms with Gasteiger partial charge in [0.05, 0.1) is 0 Å². The van der Waals surface area contributed by atoms with Crippen LogP contribution in [0.1, 0.15) is 32.1 Å². The number of rotatable bonds is 3. The summed E-state index contributed by atoms with van der Waals surface area (Å²) in [4.78, 5) is 10.1. The molecule has 0 amide bonds. The number of carboxylic acid groups (broad SMARTS) is 1. The van der Waals surface area contributed by atoms with E-state index in [4.69, 9.17) is 5.11 Å². The zero-order valence-corrected chi connectivity index (χ0v) is 7.12. The fourth-order valence-corrected chi connectivity index (χ4v) is 1.52. The Morgan fingerprint density at radius 3 is 2.58 bits per heavy atom. The lowest BCUT2D eigenvalue weighted by Gasteiger charge is -2.21. The van der Waals surface area contributed by atoms with Gasteiger partial charge in [0.25, 0.3) is 0 Å². The van der Waals surface area contributed by atoms with E-state index in [2.05, 4.69) is 5.32 Å². The van der Waals surface area contributed by atoms with Crippen LogP contribution in [-0.4, -0.2) is 17.1 Å². The van der Waals surface area contributed by atoms with E-state index >= 15 is 0 Å². The molecule has 1 aliphatic carbocycles. The molecule has 0 radical (unpaired) electrons. The molecular weight excluding hydrogens is 154 g/mol. The molecule has 0 unspecified atom stereocenters. The minimum absolute atomic E-state index is 0.495. The van der Waals surface area contributed by atoms with Crippen LogP contribution in [0.4, 0.5) is 0 Å². The van der Waals surface area contributed by atoms with Gasteiger partial charge >= 0.3 is 5.97 Å². The van der Waals surface area contributed by atoms with Crippen molar-refractivity contribution in [2.45, 2.75) is 38.1 Å². The average Bonchev–Trinajstić information content (AvgIpc) is 2.05. The molecule has 68 valence electrons. The minimum Gasteiger partial charge on any atom is -0.478 e. The lowest BCUT2D eigenvalue weighted by molar-refractivity contribution is -0.131. The number of hydrogen-bond acceptors (Lipinski definition) is 2. The Bertz CT molecular complexity index is 171. The standard InChI is InChI=1S/C9H15NO2/c11-9(12)6-7-10-8-4-2-1-3-5-8/h6-8,10H,1-5H2,(H,11,12). The van der Waals surface area contributed by atoms with Crippen LogP contribution >= 0.6 is 0 Å². The second-order valence-corrected chi connectivity index (χ2v) is 3.17. The van der Waals surface area contributed by atoms with Crippen LogP contribution in [0.15, 0.2) is 12.3 Å². The minimum atomic E-state index is -0.890. The molecule has 3 nitrogen and oxygen atoms in total. The molecule has 0 atom stereocenters. The van der Waals surface area contributed by atoms with Gasteiger partial charge in [-0.25, -0.2) is 4.79 Å². The maximum absolute atomic E-state index is 10.1. The first-order chi connectivity index (χ1) is 5.79. The molecule has 0 aliphatic heterocycles. The van der Waals surface area contributed by atoms with E-state index in [0.29, 0.717) is 6.04 Å². The van der Waals surface area contributed by atoms with Gasteiger partial charge in [-0.15, -0.1) is 0 Å². The van der Waals surface area contributed by atoms with Crippen LogP contribution < -0.4 is 5.32 Å². The van der Waals surface area contributed by atoms with Gasteiger partial charge in [0.2, 0.25) is 0 Å². The van der Waals surface area contributed by atoms with Gasteiger partial charge in [-0.05, 0) is 12.8 Å². The number of aliphatic carboxylic acids is 1. The fourth-order valence-electron chi connectivity index (χ4n) is 1.52. The molecule has 1 aliphatic rings. The van der Waals surface area contributed by atoms with Crippen molar-refractivity contribution in [3.63, 3.8) is 0 Å². The predicted molar refractivity (Wildman–Crippen MR) is 46.8 cm³/mol. The molecule has 3 heteroatoms. The summed E-state index contributed by atoms with van der Waals surface area (Å²) in [5.74, 6) is -0.890. The van der Waals surface area contributed by atoms with Gasteiger partial charge in [-0.3, -0.25) is 0 Å². The van der Waals surface area contributed by atoms with E-state index in [1.165, 1.54) is 32.1 Å². The predicted octanol–water partition coefficient (Wildman–Crippen LogP) is 1.51. The summed E-state index contributed by atoms with van der Waals surface area (Å²) in [7, 11) is 0. The molecule has 0 aromatic rings. The SMILES string of the molecule is O=C(O)C=CNC1CCCCC1. The maximum Gasteiger partial charge on any atom is 0.329 e. The molecule has 12 heavy (non-hydrogen) atoms. The molecule has 0 saturated heterocycles. The summed E-state index contributed by atoms with van der Waals surface area (Å²) < 4.78 is 0. The van der Waals surface area contributed by atoms with E-state index < -0.39 is 5.97 Å². The highest BCUT2D eigenvalue weighted by Gasteiger charge is 2.10. The Kier molecular flexibility index (Phi) is 3.64. The van der Waals surface area contributed by atoms with Crippen LogP contribution in [-0.2, 0) is 4.79 Å².